The van der Waals surface area contributed by atoms with Crippen molar-refractivity contribution in [2.75, 3.05) is 18.4 Å². The highest BCUT2D eigenvalue weighted by molar-refractivity contribution is 5.92. The number of amides is 1. The number of piperidine rings is 1. The fourth-order valence-corrected chi connectivity index (χ4v) is 3.66. The number of rotatable bonds is 6. The lowest BCUT2D eigenvalue weighted by molar-refractivity contribution is -0.120. The van der Waals surface area contributed by atoms with Gasteiger partial charge < -0.3 is 15.4 Å². The minimum Gasteiger partial charge on any atom is -0.489 e. The second-order valence-electron chi connectivity index (χ2n) is 7.65. The van der Waals surface area contributed by atoms with Gasteiger partial charge in [-0.05, 0) is 67.4 Å². The Hall–Kier alpha value is -2.96. The van der Waals surface area contributed by atoms with Crippen molar-refractivity contribution >= 4 is 24.0 Å². The second kappa shape index (κ2) is 11.1. The Kier molecular flexibility index (Phi) is 8.20. The summed E-state index contributed by atoms with van der Waals surface area (Å²) in [5, 5.41) is 6.23. The van der Waals surface area contributed by atoms with Crippen LogP contribution in [0.5, 0.6) is 5.75 Å². The number of carbonyl (C=O) groups is 1. The summed E-state index contributed by atoms with van der Waals surface area (Å²) in [6.07, 6.45) is 1.69. The summed E-state index contributed by atoms with van der Waals surface area (Å²) < 4.78 is 33.2. The summed E-state index contributed by atoms with van der Waals surface area (Å²) in [5.74, 6) is -0.223. The number of benzene rings is 3. The number of carbonyl (C=O) groups excluding carboxylic acids is 1. The van der Waals surface area contributed by atoms with Crippen molar-refractivity contribution in [2.24, 2.45) is 5.92 Å². The van der Waals surface area contributed by atoms with Crippen molar-refractivity contribution in [3.05, 3.63) is 83.9 Å². The van der Waals surface area contributed by atoms with E-state index in [1.165, 1.54) is 6.07 Å². The summed E-state index contributed by atoms with van der Waals surface area (Å²) in [4.78, 5) is 12.4. The molecule has 1 saturated heterocycles. The molecule has 0 radical (unpaired) electrons. The molecule has 1 heterocycles. The second-order valence-corrected chi connectivity index (χ2v) is 7.65. The third kappa shape index (κ3) is 6.05. The van der Waals surface area contributed by atoms with Crippen LogP contribution < -0.4 is 15.4 Å². The van der Waals surface area contributed by atoms with Gasteiger partial charge >= 0.3 is 0 Å². The Morgan fingerprint density at radius 2 is 1.75 bits per heavy atom. The summed E-state index contributed by atoms with van der Waals surface area (Å²) in [7, 11) is 0. The van der Waals surface area contributed by atoms with E-state index < -0.39 is 11.6 Å². The zero-order valence-corrected chi connectivity index (χ0v) is 18.3. The molecule has 3 aromatic carbocycles. The molecule has 0 saturated carbocycles. The predicted molar refractivity (Wildman–Crippen MR) is 124 cm³/mol. The molecule has 4 nitrogen and oxygen atoms in total. The number of nitrogens with one attached hydrogen (secondary N) is 2. The van der Waals surface area contributed by atoms with Gasteiger partial charge in [-0.25, -0.2) is 8.78 Å². The average Bonchev–Trinajstić information content (AvgIpc) is 2.80. The Bertz CT molecular complexity index is 1050. The Morgan fingerprint density at radius 3 is 2.50 bits per heavy atom. The fraction of sp³-hybridized carbons (Fsp3) is 0.240. The van der Waals surface area contributed by atoms with E-state index in [0.29, 0.717) is 23.6 Å². The summed E-state index contributed by atoms with van der Waals surface area (Å²) in [5.41, 5.74) is 2.43. The average molecular weight is 459 g/mol. The molecule has 1 amide bonds. The molecule has 0 aromatic heterocycles. The standard InChI is InChI=1S/C25H24F2N2O2.ClH/c26-20-8-9-24(27)23(14-20)18-6-4-17(5-7-18)16-31-22-3-1-2-21(15-22)29-25(30)19-10-12-28-13-11-19;/h1-9,14-15,19,28H,10-13,16H2,(H,29,30);1H. The van der Waals surface area contributed by atoms with Crippen molar-refractivity contribution in [3.8, 4) is 16.9 Å². The first-order valence-electron chi connectivity index (χ1n) is 10.4. The van der Waals surface area contributed by atoms with Gasteiger partial charge in [0.25, 0.3) is 0 Å². The first-order valence-corrected chi connectivity index (χ1v) is 10.4. The van der Waals surface area contributed by atoms with E-state index in [0.717, 1.165) is 43.6 Å². The molecule has 0 spiro atoms. The fourth-order valence-electron chi connectivity index (χ4n) is 3.66. The first kappa shape index (κ1) is 23.7. The lowest BCUT2D eigenvalue weighted by atomic mass is 9.97. The predicted octanol–water partition coefficient (Wildman–Crippen LogP) is 5.57. The minimum atomic E-state index is -0.476. The molecule has 168 valence electrons. The molecule has 0 bridgehead atoms. The van der Waals surface area contributed by atoms with Gasteiger partial charge in [-0.3, -0.25) is 4.79 Å². The number of hydrogen-bond acceptors (Lipinski definition) is 3. The molecule has 3 aromatic rings. The molecule has 0 aliphatic carbocycles. The molecule has 4 rings (SSSR count). The van der Waals surface area contributed by atoms with Gasteiger partial charge in [-0.15, -0.1) is 12.4 Å². The van der Waals surface area contributed by atoms with Crippen LogP contribution in [0, 0.1) is 17.6 Å². The van der Waals surface area contributed by atoms with Gasteiger partial charge in [0.15, 0.2) is 0 Å². The van der Waals surface area contributed by atoms with Gasteiger partial charge in [0.1, 0.15) is 24.0 Å². The van der Waals surface area contributed by atoms with E-state index in [2.05, 4.69) is 10.6 Å². The van der Waals surface area contributed by atoms with E-state index in [1.807, 2.05) is 30.3 Å². The number of hydrogen-bond donors (Lipinski definition) is 2. The SMILES string of the molecule is Cl.O=C(Nc1cccc(OCc2ccc(-c3cc(F)ccc3F)cc2)c1)C1CCNCC1. The van der Waals surface area contributed by atoms with Crippen molar-refractivity contribution in [3.63, 3.8) is 0 Å². The molecule has 1 aliphatic rings. The van der Waals surface area contributed by atoms with Crippen LogP contribution in [0.3, 0.4) is 0 Å². The first-order chi connectivity index (χ1) is 15.1. The van der Waals surface area contributed by atoms with Gasteiger partial charge in [0, 0.05) is 23.2 Å². The molecule has 0 atom stereocenters. The highest BCUT2D eigenvalue weighted by Crippen LogP contribution is 2.25. The molecular weight excluding hydrogens is 434 g/mol. The maximum absolute atomic E-state index is 13.9. The molecule has 7 heteroatoms. The van der Waals surface area contributed by atoms with Gasteiger partial charge in [-0.1, -0.05) is 30.3 Å². The van der Waals surface area contributed by atoms with Crippen LogP contribution in [0.1, 0.15) is 18.4 Å². The van der Waals surface area contributed by atoms with Crippen molar-refractivity contribution < 1.29 is 18.3 Å². The van der Waals surface area contributed by atoms with E-state index in [1.54, 1.807) is 18.2 Å². The van der Waals surface area contributed by atoms with Crippen LogP contribution in [0.15, 0.2) is 66.7 Å². The zero-order chi connectivity index (χ0) is 21.6. The third-order valence-electron chi connectivity index (χ3n) is 5.41. The smallest absolute Gasteiger partial charge is 0.227 e. The molecule has 2 N–H and O–H groups in total. The van der Waals surface area contributed by atoms with Crippen molar-refractivity contribution in [1.82, 2.24) is 5.32 Å². The Labute approximate surface area is 192 Å². The zero-order valence-electron chi connectivity index (χ0n) is 17.4. The van der Waals surface area contributed by atoms with Crippen LogP contribution in [0.4, 0.5) is 14.5 Å². The molecule has 1 aliphatic heterocycles. The van der Waals surface area contributed by atoms with Crippen molar-refractivity contribution in [1.29, 1.82) is 0 Å². The van der Waals surface area contributed by atoms with Crippen LogP contribution in [0.25, 0.3) is 11.1 Å². The number of ether oxygens (including phenoxy) is 1. The van der Waals surface area contributed by atoms with E-state index in [-0.39, 0.29) is 29.8 Å². The highest BCUT2D eigenvalue weighted by atomic mass is 35.5. The number of anilines is 1. The minimum absolute atomic E-state index is 0. The Morgan fingerprint density at radius 1 is 1.00 bits per heavy atom. The lowest BCUT2D eigenvalue weighted by Gasteiger charge is -2.21. The summed E-state index contributed by atoms with van der Waals surface area (Å²) in [6.45, 7) is 2.05. The number of halogens is 3. The summed E-state index contributed by atoms with van der Waals surface area (Å²) in [6, 6.07) is 17.8. The molecule has 32 heavy (non-hydrogen) atoms. The van der Waals surface area contributed by atoms with Crippen LogP contribution in [-0.4, -0.2) is 19.0 Å². The van der Waals surface area contributed by atoms with E-state index >= 15 is 0 Å². The molecular formula is C25H25ClF2N2O2. The maximum Gasteiger partial charge on any atom is 0.227 e. The van der Waals surface area contributed by atoms with Crippen LogP contribution in [0.2, 0.25) is 0 Å². The molecule has 0 unspecified atom stereocenters. The quantitative estimate of drug-likeness (QED) is 0.507. The lowest BCUT2D eigenvalue weighted by Crippen LogP contribution is -2.34. The normalized spacial score (nSPS) is 13.8. The monoisotopic (exact) mass is 458 g/mol. The maximum atomic E-state index is 13.9. The third-order valence-corrected chi connectivity index (χ3v) is 5.41. The van der Waals surface area contributed by atoms with Gasteiger partial charge in [0.05, 0.1) is 0 Å². The largest absolute Gasteiger partial charge is 0.489 e. The highest BCUT2D eigenvalue weighted by Gasteiger charge is 2.20. The van der Waals surface area contributed by atoms with Crippen LogP contribution >= 0.6 is 12.4 Å². The van der Waals surface area contributed by atoms with E-state index in [4.69, 9.17) is 4.74 Å². The molecule has 1 fully saturated rings. The topological polar surface area (TPSA) is 50.4 Å². The van der Waals surface area contributed by atoms with Crippen LogP contribution in [-0.2, 0) is 11.4 Å². The summed E-state index contributed by atoms with van der Waals surface area (Å²) >= 11 is 0. The van der Waals surface area contributed by atoms with Crippen molar-refractivity contribution in [2.45, 2.75) is 19.4 Å². The van der Waals surface area contributed by atoms with E-state index in [9.17, 15) is 13.6 Å². The van der Waals surface area contributed by atoms with Gasteiger partial charge in [-0.2, -0.15) is 0 Å². The van der Waals surface area contributed by atoms with Gasteiger partial charge in [0.2, 0.25) is 5.91 Å². The Balaban J connectivity index is 0.00000289.